The summed E-state index contributed by atoms with van der Waals surface area (Å²) < 4.78 is 0. The van der Waals surface area contributed by atoms with E-state index in [1.165, 1.54) is 0 Å². The molecule has 1 fully saturated rings. The molecule has 14 heavy (non-hydrogen) atoms. The predicted molar refractivity (Wildman–Crippen MR) is 51.8 cm³/mol. The Morgan fingerprint density at radius 2 is 2.14 bits per heavy atom. The summed E-state index contributed by atoms with van der Waals surface area (Å²) in [7, 11) is 0. The van der Waals surface area contributed by atoms with Gasteiger partial charge in [-0.05, 0) is 25.2 Å². The zero-order valence-corrected chi connectivity index (χ0v) is 8.45. The Morgan fingerprint density at radius 1 is 1.50 bits per heavy atom. The monoisotopic (exact) mass is 199 g/mol. The van der Waals surface area contributed by atoms with Crippen molar-refractivity contribution in [3.05, 3.63) is 0 Å². The predicted octanol–water partition coefficient (Wildman–Crippen LogP) is 1.16. The minimum Gasteiger partial charge on any atom is -0.480 e. The quantitative estimate of drug-likeness (QED) is 0.674. The highest BCUT2D eigenvalue weighted by Gasteiger charge is 2.26. The Morgan fingerprint density at radius 3 is 2.57 bits per heavy atom. The molecule has 0 bridgehead atoms. The second kappa shape index (κ2) is 4.98. The number of aliphatic carboxylic acids is 1. The largest absolute Gasteiger partial charge is 0.480 e. The van der Waals surface area contributed by atoms with Gasteiger partial charge in [-0.2, -0.15) is 0 Å². The standard InChI is InChI=1S/C10H17NO3/c1-2-3-8(10(13)14)11-9(12)6-7-4-5-7/h7-8H,2-6H2,1H3,(H,11,12)(H,13,14)/t8-/m1/s1. The molecule has 0 aromatic heterocycles. The molecule has 0 heterocycles. The van der Waals surface area contributed by atoms with Crippen molar-refractivity contribution in [3.8, 4) is 0 Å². The lowest BCUT2D eigenvalue weighted by atomic mass is 10.1. The highest BCUT2D eigenvalue weighted by molar-refractivity contribution is 5.83. The molecule has 1 atom stereocenters. The molecule has 0 unspecified atom stereocenters. The fourth-order valence-corrected chi connectivity index (χ4v) is 1.38. The lowest BCUT2D eigenvalue weighted by Gasteiger charge is -2.12. The zero-order valence-electron chi connectivity index (χ0n) is 8.45. The van der Waals surface area contributed by atoms with Crippen LogP contribution in [0.5, 0.6) is 0 Å². The molecule has 1 aliphatic rings. The van der Waals surface area contributed by atoms with Crippen LogP contribution in [0.4, 0.5) is 0 Å². The van der Waals surface area contributed by atoms with Crippen molar-refractivity contribution in [1.29, 1.82) is 0 Å². The topological polar surface area (TPSA) is 66.4 Å². The molecular weight excluding hydrogens is 182 g/mol. The van der Waals surface area contributed by atoms with Gasteiger partial charge in [0.1, 0.15) is 6.04 Å². The summed E-state index contributed by atoms with van der Waals surface area (Å²) in [4.78, 5) is 22.0. The summed E-state index contributed by atoms with van der Waals surface area (Å²) >= 11 is 0. The highest BCUT2D eigenvalue weighted by Crippen LogP contribution is 2.32. The second-order valence-electron chi connectivity index (χ2n) is 3.89. The van der Waals surface area contributed by atoms with E-state index in [1.807, 2.05) is 6.92 Å². The summed E-state index contributed by atoms with van der Waals surface area (Å²) in [6, 6.07) is -0.703. The van der Waals surface area contributed by atoms with E-state index in [9.17, 15) is 9.59 Å². The maximum Gasteiger partial charge on any atom is 0.326 e. The lowest BCUT2D eigenvalue weighted by molar-refractivity contribution is -0.142. The van der Waals surface area contributed by atoms with Gasteiger partial charge >= 0.3 is 5.97 Å². The number of carboxylic acid groups (broad SMARTS) is 1. The van der Waals surface area contributed by atoms with Gasteiger partial charge in [-0.15, -0.1) is 0 Å². The van der Waals surface area contributed by atoms with E-state index in [1.54, 1.807) is 0 Å². The lowest BCUT2D eigenvalue weighted by Crippen LogP contribution is -2.40. The van der Waals surface area contributed by atoms with Crippen LogP contribution in [0.1, 0.15) is 39.0 Å². The van der Waals surface area contributed by atoms with Gasteiger partial charge in [0.25, 0.3) is 0 Å². The summed E-state index contributed by atoms with van der Waals surface area (Å²) in [5.74, 6) is -0.546. The van der Waals surface area contributed by atoms with Gasteiger partial charge < -0.3 is 10.4 Å². The van der Waals surface area contributed by atoms with Gasteiger partial charge in [0.2, 0.25) is 5.91 Å². The van der Waals surface area contributed by atoms with Crippen molar-refractivity contribution < 1.29 is 14.7 Å². The Bertz CT molecular complexity index is 223. The van der Waals surface area contributed by atoms with Gasteiger partial charge in [-0.1, -0.05) is 13.3 Å². The first-order chi connectivity index (χ1) is 6.63. The molecule has 0 spiro atoms. The van der Waals surface area contributed by atoms with Gasteiger partial charge in [-0.25, -0.2) is 4.79 Å². The first-order valence-electron chi connectivity index (χ1n) is 5.15. The maximum atomic E-state index is 11.3. The normalized spacial score (nSPS) is 17.5. The molecule has 0 aromatic rings. The van der Waals surface area contributed by atoms with Gasteiger partial charge in [0, 0.05) is 6.42 Å². The second-order valence-corrected chi connectivity index (χ2v) is 3.89. The Hall–Kier alpha value is -1.06. The van der Waals surface area contributed by atoms with Crippen LogP contribution in [0.25, 0.3) is 0 Å². The fraction of sp³-hybridized carbons (Fsp3) is 0.800. The smallest absolute Gasteiger partial charge is 0.326 e. The molecule has 0 saturated heterocycles. The van der Waals surface area contributed by atoms with Crippen LogP contribution in [0.15, 0.2) is 0 Å². The molecule has 1 aliphatic carbocycles. The molecule has 4 nitrogen and oxygen atoms in total. The third-order valence-electron chi connectivity index (χ3n) is 2.38. The van der Waals surface area contributed by atoms with E-state index in [-0.39, 0.29) is 5.91 Å². The van der Waals surface area contributed by atoms with Gasteiger partial charge in [0.05, 0.1) is 0 Å². The molecule has 80 valence electrons. The molecule has 4 heteroatoms. The molecule has 1 rings (SSSR count). The van der Waals surface area contributed by atoms with Crippen LogP contribution in [-0.4, -0.2) is 23.0 Å². The van der Waals surface area contributed by atoms with Crippen molar-refractivity contribution in [3.63, 3.8) is 0 Å². The highest BCUT2D eigenvalue weighted by atomic mass is 16.4. The number of rotatable bonds is 6. The summed E-state index contributed by atoms with van der Waals surface area (Å²) in [5, 5.41) is 11.3. The van der Waals surface area contributed by atoms with Crippen LogP contribution < -0.4 is 5.32 Å². The number of carbonyl (C=O) groups is 2. The van der Waals surface area contributed by atoms with Crippen LogP contribution in [0, 0.1) is 5.92 Å². The number of carbonyl (C=O) groups excluding carboxylic acids is 1. The van der Waals surface area contributed by atoms with E-state index >= 15 is 0 Å². The minimum atomic E-state index is -0.934. The molecule has 0 aliphatic heterocycles. The molecule has 0 aromatic carbocycles. The Balaban J connectivity index is 2.29. The summed E-state index contributed by atoms with van der Waals surface area (Å²) in [6.07, 6.45) is 3.98. The number of carboxylic acids is 1. The SMILES string of the molecule is CCC[C@@H](NC(=O)CC1CC1)C(=O)O. The van der Waals surface area contributed by atoms with E-state index in [4.69, 9.17) is 5.11 Å². The minimum absolute atomic E-state index is 0.117. The van der Waals surface area contributed by atoms with Crippen LogP contribution >= 0.6 is 0 Å². The maximum absolute atomic E-state index is 11.3. The molecular formula is C10H17NO3. The van der Waals surface area contributed by atoms with Crippen molar-refractivity contribution >= 4 is 11.9 Å². The van der Waals surface area contributed by atoms with E-state index in [0.29, 0.717) is 18.8 Å². The van der Waals surface area contributed by atoms with Crippen molar-refractivity contribution in [2.24, 2.45) is 5.92 Å². The van der Waals surface area contributed by atoms with Crippen molar-refractivity contribution in [2.75, 3.05) is 0 Å². The van der Waals surface area contributed by atoms with Gasteiger partial charge in [0.15, 0.2) is 0 Å². The van der Waals surface area contributed by atoms with E-state index in [2.05, 4.69) is 5.32 Å². The molecule has 1 saturated carbocycles. The first-order valence-corrected chi connectivity index (χ1v) is 5.15. The third kappa shape index (κ3) is 3.77. The van der Waals surface area contributed by atoms with Crippen LogP contribution in [0.2, 0.25) is 0 Å². The molecule has 0 radical (unpaired) electrons. The van der Waals surface area contributed by atoms with Crippen molar-refractivity contribution in [2.45, 2.75) is 45.1 Å². The number of hydrogen-bond acceptors (Lipinski definition) is 2. The van der Waals surface area contributed by atoms with Gasteiger partial charge in [-0.3, -0.25) is 4.79 Å². The number of hydrogen-bond donors (Lipinski definition) is 2. The molecule has 1 amide bonds. The average Bonchev–Trinajstić information content (AvgIpc) is 2.87. The fourth-order valence-electron chi connectivity index (χ4n) is 1.38. The molecule has 2 N–H and O–H groups in total. The third-order valence-corrected chi connectivity index (χ3v) is 2.38. The first kappa shape index (κ1) is 11.0. The van der Waals surface area contributed by atoms with Crippen LogP contribution in [0.3, 0.4) is 0 Å². The van der Waals surface area contributed by atoms with Crippen LogP contribution in [-0.2, 0) is 9.59 Å². The average molecular weight is 199 g/mol. The van der Waals surface area contributed by atoms with E-state index in [0.717, 1.165) is 19.3 Å². The Labute approximate surface area is 83.7 Å². The zero-order chi connectivity index (χ0) is 10.6. The van der Waals surface area contributed by atoms with Crippen molar-refractivity contribution in [1.82, 2.24) is 5.32 Å². The number of amides is 1. The summed E-state index contributed by atoms with van der Waals surface area (Å²) in [5.41, 5.74) is 0. The Kier molecular flexibility index (Phi) is 3.92. The summed E-state index contributed by atoms with van der Waals surface area (Å²) in [6.45, 7) is 1.91. The van der Waals surface area contributed by atoms with E-state index < -0.39 is 12.0 Å². The number of nitrogens with one attached hydrogen (secondary N) is 1.